The van der Waals surface area contributed by atoms with Gasteiger partial charge in [-0.05, 0) is 6.07 Å². The number of halogens is 5. The van der Waals surface area contributed by atoms with E-state index in [0.29, 0.717) is 0 Å². The maximum absolute atomic E-state index is 12.8. The van der Waals surface area contributed by atoms with Crippen LogP contribution in [0, 0.1) is 0 Å². The zero-order valence-corrected chi connectivity index (χ0v) is 12.6. The van der Waals surface area contributed by atoms with Crippen LogP contribution in [-0.2, 0) is 10.0 Å². The lowest BCUT2D eigenvalue weighted by Gasteiger charge is -2.14. The molecule has 0 amide bonds. The molecule has 1 aromatic rings. The van der Waals surface area contributed by atoms with Gasteiger partial charge in [0.05, 0.1) is 17.4 Å². The molecule has 4 nitrogen and oxygen atoms in total. The molecule has 0 atom stereocenters. The van der Waals surface area contributed by atoms with Gasteiger partial charge in [0.25, 0.3) is 5.92 Å². The molecule has 18 heavy (non-hydrogen) atoms. The Hall–Kier alpha value is 0.300. The molecule has 106 valence electrons. The topological polar surface area (TPSA) is 72.2 Å². The largest absolute Gasteiger partial charge is 0.325 e. The zero-order chi connectivity index (χ0) is 13.3. The summed E-state index contributed by atoms with van der Waals surface area (Å²) in [5.74, 6) is -3.31. The summed E-state index contributed by atoms with van der Waals surface area (Å²) in [6.07, 6.45) is 0. The fourth-order valence-corrected chi connectivity index (χ4v) is 4.07. The number of hydrogen-bond acceptors (Lipinski definition) is 4. The summed E-state index contributed by atoms with van der Waals surface area (Å²) in [6, 6.07) is 1.09. The Morgan fingerprint density at radius 2 is 2.00 bits per heavy atom. The molecule has 0 fully saturated rings. The number of sulfonamides is 1. The van der Waals surface area contributed by atoms with Gasteiger partial charge in [-0.15, -0.1) is 23.7 Å². The number of nitrogens with one attached hydrogen (secondary N) is 1. The van der Waals surface area contributed by atoms with Crippen LogP contribution in [0.3, 0.4) is 0 Å². The molecule has 0 aliphatic rings. The fourth-order valence-electron chi connectivity index (χ4n) is 0.859. The summed E-state index contributed by atoms with van der Waals surface area (Å²) in [4.78, 5) is -0.318. The molecule has 0 aliphatic carbocycles. The Morgan fingerprint density at radius 3 is 2.39 bits per heavy atom. The molecule has 3 N–H and O–H groups in total. The van der Waals surface area contributed by atoms with Crippen LogP contribution >= 0.6 is 46.9 Å². The third kappa shape index (κ3) is 4.76. The first kappa shape index (κ1) is 18.3. The molecule has 1 aromatic heterocycles. The van der Waals surface area contributed by atoms with Crippen molar-refractivity contribution < 1.29 is 17.2 Å². The number of nitrogens with two attached hydrogens (primary N) is 1. The Morgan fingerprint density at radius 1 is 1.44 bits per heavy atom. The first-order valence-corrected chi connectivity index (χ1v) is 7.26. The average Bonchev–Trinajstić information content (AvgIpc) is 2.56. The Kier molecular flexibility index (Phi) is 6.76. The summed E-state index contributed by atoms with van der Waals surface area (Å²) in [7, 11) is -4.10. The average molecular weight is 362 g/mol. The van der Waals surface area contributed by atoms with E-state index in [2.05, 4.69) is 0 Å². The van der Waals surface area contributed by atoms with E-state index in [9.17, 15) is 17.2 Å². The number of alkyl halides is 2. The lowest BCUT2D eigenvalue weighted by molar-refractivity contribution is 0.0170. The van der Waals surface area contributed by atoms with Gasteiger partial charge in [-0.25, -0.2) is 21.9 Å². The van der Waals surface area contributed by atoms with Crippen molar-refractivity contribution in [3.05, 3.63) is 14.7 Å². The molecular weight excluding hydrogens is 353 g/mol. The maximum Gasteiger partial charge on any atom is 0.273 e. The molecule has 0 spiro atoms. The lowest BCUT2D eigenvalue weighted by atomic mass is 10.3. The highest BCUT2D eigenvalue weighted by Gasteiger charge is 2.30. The lowest BCUT2D eigenvalue weighted by Crippen LogP contribution is -2.41. The minimum Gasteiger partial charge on any atom is -0.325 e. The zero-order valence-electron chi connectivity index (χ0n) is 8.62. The molecule has 11 heteroatoms. The standard InChI is InChI=1S/C7H8Cl2F2N2O2S2.ClH/c8-5-1-4(6(9)16-5)17(14,15)13-3-7(10,11)2-12;/h1,13H,2-3,12H2;1H. The first-order chi connectivity index (χ1) is 7.68. The normalized spacial score (nSPS) is 12.3. The van der Waals surface area contributed by atoms with E-state index >= 15 is 0 Å². The predicted molar refractivity (Wildman–Crippen MR) is 70.8 cm³/mol. The molecule has 0 saturated heterocycles. The second-order valence-corrected chi connectivity index (χ2v) is 7.09. The molecule has 0 unspecified atom stereocenters. The van der Waals surface area contributed by atoms with Crippen LogP contribution in [0.1, 0.15) is 0 Å². The van der Waals surface area contributed by atoms with Crippen molar-refractivity contribution in [2.45, 2.75) is 10.8 Å². The second kappa shape index (κ2) is 6.65. The van der Waals surface area contributed by atoms with E-state index < -0.39 is 29.0 Å². The van der Waals surface area contributed by atoms with Crippen LogP contribution < -0.4 is 10.5 Å². The third-order valence-electron chi connectivity index (χ3n) is 1.73. The monoisotopic (exact) mass is 360 g/mol. The summed E-state index contributed by atoms with van der Waals surface area (Å²) in [5, 5.41) is 0. The van der Waals surface area contributed by atoms with Gasteiger partial charge in [-0.2, -0.15) is 0 Å². The van der Waals surface area contributed by atoms with E-state index in [1.165, 1.54) is 0 Å². The SMILES string of the molecule is Cl.NCC(F)(F)CNS(=O)(=O)c1cc(Cl)sc1Cl. The van der Waals surface area contributed by atoms with Crippen molar-refractivity contribution in [2.24, 2.45) is 5.73 Å². The van der Waals surface area contributed by atoms with Crippen molar-refractivity contribution in [1.29, 1.82) is 0 Å². The van der Waals surface area contributed by atoms with E-state index in [0.717, 1.165) is 17.4 Å². The van der Waals surface area contributed by atoms with Gasteiger partial charge in [-0.1, -0.05) is 23.2 Å². The maximum atomic E-state index is 12.8. The highest BCUT2D eigenvalue weighted by molar-refractivity contribution is 7.89. The van der Waals surface area contributed by atoms with Crippen molar-refractivity contribution in [3.63, 3.8) is 0 Å². The Balaban J connectivity index is 0.00000289. The van der Waals surface area contributed by atoms with Crippen LogP contribution in [0.4, 0.5) is 8.78 Å². The van der Waals surface area contributed by atoms with Crippen molar-refractivity contribution in [2.75, 3.05) is 13.1 Å². The van der Waals surface area contributed by atoms with Crippen molar-refractivity contribution in [1.82, 2.24) is 4.72 Å². The minimum absolute atomic E-state index is 0. The van der Waals surface area contributed by atoms with E-state index in [4.69, 9.17) is 28.9 Å². The van der Waals surface area contributed by atoms with Crippen LogP contribution in [0.2, 0.25) is 8.67 Å². The minimum atomic E-state index is -4.10. The molecule has 0 aliphatic heterocycles. The molecule has 0 saturated carbocycles. The Bertz CT molecular complexity index is 507. The molecule has 1 rings (SSSR count). The van der Waals surface area contributed by atoms with Gasteiger partial charge in [0.2, 0.25) is 10.0 Å². The number of rotatable bonds is 5. The summed E-state index contributed by atoms with van der Waals surface area (Å²) in [5.41, 5.74) is 4.78. The van der Waals surface area contributed by atoms with E-state index in [1.54, 1.807) is 4.72 Å². The van der Waals surface area contributed by atoms with Gasteiger partial charge < -0.3 is 5.73 Å². The quantitative estimate of drug-likeness (QED) is 0.845. The second-order valence-electron chi connectivity index (χ2n) is 3.07. The van der Waals surface area contributed by atoms with Crippen LogP contribution in [0.15, 0.2) is 11.0 Å². The highest BCUT2D eigenvalue weighted by atomic mass is 35.5. The first-order valence-electron chi connectivity index (χ1n) is 4.20. The molecule has 0 radical (unpaired) electrons. The van der Waals surface area contributed by atoms with Gasteiger partial charge in [-0.3, -0.25) is 0 Å². The summed E-state index contributed by atoms with van der Waals surface area (Å²) < 4.78 is 50.6. The van der Waals surface area contributed by atoms with E-state index in [-0.39, 0.29) is 26.0 Å². The number of hydrogen-bond donors (Lipinski definition) is 2. The van der Waals surface area contributed by atoms with Gasteiger partial charge >= 0.3 is 0 Å². The van der Waals surface area contributed by atoms with Crippen molar-refractivity contribution >= 4 is 57.0 Å². The molecule has 0 aromatic carbocycles. The van der Waals surface area contributed by atoms with Gasteiger partial charge in [0.15, 0.2) is 0 Å². The smallest absolute Gasteiger partial charge is 0.273 e. The van der Waals surface area contributed by atoms with E-state index in [1.807, 2.05) is 0 Å². The summed E-state index contributed by atoms with van der Waals surface area (Å²) >= 11 is 12.0. The summed E-state index contributed by atoms with van der Waals surface area (Å²) in [6.45, 7) is -2.04. The van der Waals surface area contributed by atoms with Gasteiger partial charge in [0, 0.05) is 0 Å². The van der Waals surface area contributed by atoms with Crippen LogP contribution in [0.25, 0.3) is 0 Å². The molecule has 0 bridgehead atoms. The van der Waals surface area contributed by atoms with Gasteiger partial charge in [0.1, 0.15) is 9.23 Å². The molecular formula is C7H9Cl3F2N2O2S2. The predicted octanol–water partition coefficient (Wildman–Crippen LogP) is 2.35. The van der Waals surface area contributed by atoms with Crippen molar-refractivity contribution in [3.8, 4) is 0 Å². The fraction of sp³-hybridized carbons (Fsp3) is 0.429. The Labute approximate surface area is 123 Å². The highest BCUT2D eigenvalue weighted by Crippen LogP contribution is 2.34. The van der Waals surface area contributed by atoms with Crippen LogP contribution in [-0.4, -0.2) is 27.4 Å². The third-order valence-corrected chi connectivity index (χ3v) is 4.89. The van der Waals surface area contributed by atoms with Crippen LogP contribution in [0.5, 0.6) is 0 Å². The molecule has 1 heterocycles. The number of thiophene rings is 1.